The molecule has 0 aromatic heterocycles. The van der Waals surface area contributed by atoms with Gasteiger partial charge in [0.2, 0.25) is 5.91 Å². The molecule has 3 aliphatic rings. The maximum atomic E-state index is 13.7. The lowest BCUT2D eigenvalue weighted by atomic mass is 9.77. The van der Waals surface area contributed by atoms with Gasteiger partial charge in [0.15, 0.2) is 0 Å². The molecule has 2 atom stereocenters. The van der Waals surface area contributed by atoms with E-state index in [1.165, 1.54) is 4.90 Å². The standard InChI is InChI=1S/C25H30F6N2O2/c1-15(2)23(7-3-19(13-23)32-18-5-9-35-10-6-18)22(34)33-8-4-20-16(14-33)11-17(24(26,27)28)12-21(20)25(29,30)31/h11-12,18-19,32H,1,3-10,13-14H2,2H3. The fraction of sp³-hybridized carbons (Fsp3) is 0.640. The van der Waals surface area contributed by atoms with Crippen LogP contribution in [0.2, 0.25) is 0 Å². The van der Waals surface area contributed by atoms with E-state index in [1.54, 1.807) is 6.92 Å². The largest absolute Gasteiger partial charge is 0.416 e. The van der Waals surface area contributed by atoms with Crippen molar-refractivity contribution >= 4 is 5.91 Å². The minimum Gasteiger partial charge on any atom is -0.381 e. The van der Waals surface area contributed by atoms with Gasteiger partial charge in [-0.1, -0.05) is 12.2 Å². The third-order valence-electron chi connectivity index (χ3n) is 7.69. The highest BCUT2D eigenvalue weighted by Gasteiger charge is 2.49. The predicted octanol–water partition coefficient (Wildman–Crippen LogP) is 5.49. The summed E-state index contributed by atoms with van der Waals surface area (Å²) in [6.07, 6.45) is -6.41. The molecular weight excluding hydrogens is 474 g/mol. The van der Waals surface area contributed by atoms with Crippen molar-refractivity contribution in [2.24, 2.45) is 5.41 Å². The van der Waals surface area contributed by atoms with E-state index in [0.29, 0.717) is 37.7 Å². The van der Waals surface area contributed by atoms with Crippen molar-refractivity contribution in [1.82, 2.24) is 10.2 Å². The average molecular weight is 505 g/mol. The Balaban J connectivity index is 1.57. The Hall–Kier alpha value is -2.07. The van der Waals surface area contributed by atoms with E-state index >= 15 is 0 Å². The molecule has 0 bridgehead atoms. The number of carbonyl (C=O) groups excluding carboxylic acids is 1. The van der Waals surface area contributed by atoms with Crippen molar-refractivity contribution in [3.05, 3.63) is 46.5 Å². The van der Waals surface area contributed by atoms with E-state index in [2.05, 4.69) is 11.9 Å². The summed E-state index contributed by atoms with van der Waals surface area (Å²) in [5.74, 6) is -0.266. The van der Waals surface area contributed by atoms with Crippen molar-refractivity contribution in [1.29, 1.82) is 0 Å². The number of fused-ring (bicyclic) bond motifs is 1. The van der Waals surface area contributed by atoms with Crippen LogP contribution in [0.1, 0.15) is 61.3 Å². The number of ether oxygens (including phenoxy) is 1. The fourth-order valence-electron chi connectivity index (χ4n) is 5.74. The quantitative estimate of drug-likeness (QED) is 0.436. The monoisotopic (exact) mass is 504 g/mol. The Labute approximate surface area is 200 Å². The molecule has 10 heteroatoms. The summed E-state index contributed by atoms with van der Waals surface area (Å²) >= 11 is 0. The average Bonchev–Trinajstić information content (AvgIpc) is 3.22. The smallest absolute Gasteiger partial charge is 0.381 e. The molecule has 0 spiro atoms. The highest BCUT2D eigenvalue weighted by atomic mass is 19.4. The number of hydrogen-bond donors (Lipinski definition) is 1. The molecule has 1 saturated carbocycles. The summed E-state index contributed by atoms with van der Waals surface area (Å²) in [6, 6.07) is 1.31. The number of carbonyl (C=O) groups is 1. The molecule has 194 valence electrons. The van der Waals surface area contributed by atoms with E-state index < -0.39 is 28.9 Å². The molecule has 1 N–H and O–H groups in total. The maximum absolute atomic E-state index is 13.7. The van der Waals surface area contributed by atoms with Gasteiger partial charge in [0.1, 0.15) is 0 Å². The van der Waals surface area contributed by atoms with Crippen molar-refractivity contribution in [2.45, 2.75) is 76.4 Å². The summed E-state index contributed by atoms with van der Waals surface area (Å²) < 4.78 is 86.2. The first kappa shape index (κ1) is 26.0. The first-order valence-corrected chi connectivity index (χ1v) is 11.9. The molecule has 35 heavy (non-hydrogen) atoms. The van der Waals surface area contributed by atoms with E-state index in [1.807, 2.05) is 0 Å². The van der Waals surface area contributed by atoms with E-state index in [9.17, 15) is 31.1 Å². The van der Waals surface area contributed by atoms with Crippen LogP contribution >= 0.6 is 0 Å². The van der Waals surface area contributed by atoms with Gasteiger partial charge >= 0.3 is 12.4 Å². The zero-order chi connectivity index (χ0) is 25.6. The molecule has 1 aromatic carbocycles. The zero-order valence-electron chi connectivity index (χ0n) is 19.6. The van der Waals surface area contributed by atoms with Gasteiger partial charge in [-0.05, 0) is 68.7 Å². The zero-order valence-corrected chi connectivity index (χ0v) is 19.6. The van der Waals surface area contributed by atoms with Crippen LogP contribution in [0.5, 0.6) is 0 Å². The second-order valence-electron chi connectivity index (χ2n) is 9.99. The van der Waals surface area contributed by atoms with Gasteiger partial charge in [-0.2, -0.15) is 26.3 Å². The molecule has 0 radical (unpaired) electrons. The number of nitrogens with one attached hydrogen (secondary N) is 1. The Kier molecular flexibility index (Phi) is 7.00. The molecule has 4 rings (SSSR count). The molecular formula is C25H30F6N2O2. The number of rotatable bonds is 4. The Bertz CT molecular complexity index is 983. The van der Waals surface area contributed by atoms with Gasteiger partial charge < -0.3 is 15.0 Å². The second kappa shape index (κ2) is 9.42. The summed E-state index contributed by atoms with van der Waals surface area (Å²) in [5, 5.41) is 3.61. The molecule has 2 aliphatic heterocycles. The molecule has 1 aromatic rings. The van der Waals surface area contributed by atoms with Crippen molar-refractivity contribution < 1.29 is 35.9 Å². The maximum Gasteiger partial charge on any atom is 0.416 e. The highest BCUT2D eigenvalue weighted by Crippen LogP contribution is 2.47. The van der Waals surface area contributed by atoms with Gasteiger partial charge in [-0.25, -0.2) is 0 Å². The number of alkyl halides is 6. The minimum atomic E-state index is -4.92. The van der Waals surface area contributed by atoms with Crippen LogP contribution < -0.4 is 5.32 Å². The Morgan fingerprint density at radius 3 is 2.37 bits per heavy atom. The molecule has 2 heterocycles. The lowest BCUT2D eigenvalue weighted by Crippen LogP contribution is -2.47. The topological polar surface area (TPSA) is 41.6 Å². The van der Waals surface area contributed by atoms with Crippen LogP contribution in [-0.4, -0.2) is 42.6 Å². The normalized spacial score (nSPS) is 26.0. The molecule has 1 saturated heterocycles. The summed E-state index contributed by atoms with van der Waals surface area (Å²) in [6.45, 7) is 6.93. The highest BCUT2D eigenvalue weighted by molar-refractivity contribution is 5.86. The number of benzene rings is 1. The van der Waals surface area contributed by atoms with Crippen LogP contribution in [0, 0.1) is 5.41 Å². The van der Waals surface area contributed by atoms with Crippen molar-refractivity contribution in [3.8, 4) is 0 Å². The number of hydrogen-bond acceptors (Lipinski definition) is 3. The van der Waals surface area contributed by atoms with Crippen LogP contribution in [0.25, 0.3) is 0 Å². The third-order valence-corrected chi connectivity index (χ3v) is 7.69. The predicted molar refractivity (Wildman–Crippen MR) is 117 cm³/mol. The first-order chi connectivity index (χ1) is 16.3. The molecule has 1 aliphatic carbocycles. The Morgan fingerprint density at radius 1 is 1.09 bits per heavy atom. The van der Waals surface area contributed by atoms with Gasteiger partial charge in [0, 0.05) is 38.4 Å². The van der Waals surface area contributed by atoms with E-state index in [0.717, 1.165) is 25.3 Å². The second-order valence-corrected chi connectivity index (χ2v) is 9.99. The third kappa shape index (κ3) is 5.23. The van der Waals surface area contributed by atoms with Crippen LogP contribution in [-0.2, 0) is 34.8 Å². The van der Waals surface area contributed by atoms with Crippen molar-refractivity contribution in [3.63, 3.8) is 0 Å². The van der Waals surface area contributed by atoms with Gasteiger partial charge in [-0.15, -0.1) is 0 Å². The number of amides is 1. The first-order valence-electron chi connectivity index (χ1n) is 11.9. The molecule has 1 amide bonds. The fourth-order valence-corrected chi connectivity index (χ4v) is 5.74. The molecule has 2 fully saturated rings. The van der Waals surface area contributed by atoms with Crippen molar-refractivity contribution in [2.75, 3.05) is 19.8 Å². The van der Waals surface area contributed by atoms with Gasteiger partial charge in [0.25, 0.3) is 0 Å². The lowest BCUT2D eigenvalue weighted by Gasteiger charge is -2.38. The van der Waals surface area contributed by atoms with Crippen LogP contribution in [0.4, 0.5) is 26.3 Å². The minimum absolute atomic E-state index is 0.0212. The van der Waals surface area contributed by atoms with Gasteiger partial charge in [0.05, 0.1) is 16.5 Å². The summed E-state index contributed by atoms with van der Waals surface area (Å²) in [4.78, 5) is 15.2. The molecule has 4 nitrogen and oxygen atoms in total. The molecule has 2 unspecified atom stereocenters. The number of halogens is 6. The lowest BCUT2D eigenvalue weighted by molar-refractivity contribution is -0.144. The van der Waals surface area contributed by atoms with E-state index in [-0.39, 0.29) is 48.7 Å². The summed E-state index contributed by atoms with van der Waals surface area (Å²) in [5.41, 5.74) is -3.10. The number of nitrogens with zero attached hydrogens (tertiary/aromatic N) is 1. The van der Waals surface area contributed by atoms with Crippen LogP contribution in [0.3, 0.4) is 0 Å². The van der Waals surface area contributed by atoms with E-state index in [4.69, 9.17) is 4.74 Å². The SMILES string of the molecule is C=C(C)C1(C(=O)N2CCc3c(cc(C(F)(F)F)cc3C(F)(F)F)C2)CCC(NC2CCOCC2)C1. The summed E-state index contributed by atoms with van der Waals surface area (Å²) in [7, 11) is 0. The Morgan fingerprint density at radius 2 is 1.77 bits per heavy atom. The van der Waals surface area contributed by atoms with Gasteiger partial charge in [-0.3, -0.25) is 4.79 Å². The van der Waals surface area contributed by atoms with Crippen LogP contribution in [0.15, 0.2) is 24.3 Å².